The van der Waals surface area contributed by atoms with E-state index in [1.165, 1.54) is 10.9 Å². The quantitative estimate of drug-likeness (QED) is 0.827. The summed E-state index contributed by atoms with van der Waals surface area (Å²) < 4.78 is 4.88. The van der Waals surface area contributed by atoms with E-state index in [1.54, 1.807) is 0 Å². The van der Waals surface area contributed by atoms with Crippen LogP contribution in [0.1, 0.15) is 12.5 Å². The van der Waals surface area contributed by atoms with Gasteiger partial charge in [-0.25, -0.2) is 4.79 Å². The Hall–Kier alpha value is -1.68. The molecule has 1 aromatic heterocycles. The van der Waals surface area contributed by atoms with E-state index in [2.05, 4.69) is 16.4 Å². The number of amides is 1. The third-order valence-corrected chi connectivity index (χ3v) is 3.03. The van der Waals surface area contributed by atoms with Gasteiger partial charge in [0.15, 0.2) is 0 Å². The zero-order chi connectivity index (χ0) is 13.7. The summed E-state index contributed by atoms with van der Waals surface area (Å²) in [5, 5.41) is 3.97. The molecule has 2 rings (SSSR count). The van der Waals surface area contributed by atoms with Gasteiger partial charge in [0.25, 0.3) is 0 Å². The Morgan fingerprint density at radius 1 is 1.47 bits per heavy atom. The van der Waals surface area contributed by atoms with Crippen LogP contribution in [0.4, 0.5) is 4.79 Å². The van der Waals surface area contributed by atoms with Crippen molar-refractivity contribution in [3.8, 4) is 0 Å². The van der Waals surface area contributed by atoms with Crippen LogP contribution in [0.5, 0.6) is 0 Å². The number of alkyl halides is 1. The zero-order valence-electron chi connectivity index (χ0n) is 10.8. The van der Waals surface area contributed by atoms with E-state index in [9.17, 15) is 4.79 Å². The molecule has 102 valence electrons. The third-order valence-electron chi connectivity index (χ3n) is 2.88. The number of aromatic amines is 1. The van der Waals surface area contributed by atoms with Gasteiger partial charge in [0, 0.05) is 23.1 Å². The molecule has 0 spiro atoms. The number of carbonyl (C=O) groups excluding carboxylic acids is 1. The fraction of sp³-hybridized carbons (Fsp3) is 0.357. The summed E-state index contributed by atoms with van der Waals surface area (Å²) in [6, 6.07) is 8.10. The molecule has 0 bridgehead atoms. The molecule has 5 heteroatoms. The average molecular weight is 281 g/mol. The number of hydrogen-bond acceptors (Lipinski definition) is 2. The maximum Gasteiger partial charge on any atom is 0.407 e. The number of ether oxygens (including phenoxy) is 1. The summed E-state index contributed by atoms with van der Waals surface area (Å²) in [4.78, 5) is 14.6. The number of benzene rings is 1. The zero-order valence-corrected chi connectivity index (χ0v) is 11.5. The van der Waals surface area contributed by atoms with Crippen LogP contribution in [0.15, 0.2) is 30.5 Å². The minimum absolute atomic E-state index is 0.00188. The number of hydrogen-bond donors (Lipinski definition) is 2. The highest BCUT2D eigenvalue weighted by Crippen LogP contribution is 2.18. The van der Waals surface area contributed by atoms with Crippen molar-refractivity contribution in [2.24, 2.45) is 0 Å². The van der Waals surface area contributed by atoms with Crippen LogP contribution in [0, 0.1) is 0 Å². The van der Waals surface area contributed by atoms with E-state index in [1.807, 2.05) is 31.3 Å². The van der Waals surface area contributed by atoms with Gasteiger partial charge in [-0.3, -0.25) is 0 Å². The monoisotopic (exact) mass is 280 g/mol. The van der Waals surface area contributed by atoms with E-state index in [4.69, 9.17) is 16.3 Å². The van der Waals surface area contributed by atoms with Crippen molar-refractivity contribution in [2.45, 2.75) is 19.4 Å². The first-order chi connectivity index (χ1) is 9.20. The predicted molar refractivity (Wildman–Crippen MR) is 76.7 cm³/mol. The molecule has 0 saturated heterocycles. The number of H-pyrrole nitrogens is 1. The number of nitrogens with one attached hydrogen (secondary N) is 2. The van der Waals surface area contributed by atoms with E-state index in [-0.39, 0.29) is 12.6 Å². The van der Waals surface area contributed by atoms with Crippen LogP contribution in [0.3, 0.4) is 0 Å². The van der Waals surface area contributed by atoms with Crippen molar-refractivity contribution in [3.63, 3.8) is 0 Å². The minimum atomic E-state index is -0.423. The molecule has 1 aromatic carbocycles. The van der Waals surface area contributed by atoms with Crippen molar-refractivity contribution in [2.75, 3.05) is 12.5 Å². The number of halogens is 1. The number of carbonyl (C=O) groups is 1. The molecular formula is C14H17ClN2O2. The Labute approximate surface area is 117 Å². The second-order valence-corrected chi connectivity index (χ2v) is 4.81. The van der Waals surface area contributed by atoms with E-state index in [0.29, 0.717) is 5.88 Å². The molecule has 0 aliphatic heterocycles. The maximum atomic E-state index is 11.4. The van der Waals surface area contributed by atoms with Gasteiger partial charge in [0.1, 0.15) is 6.61 Å². The van der Waals surface area contributed by atoms with Gasteiger partial charge in [0.05, 0.1) is 5.88 Å². The number of fused-ring (bicyclic) bond motifs is 1. The Balaban J connectivity index is 1.95. The lowest BCUT2D eigenvalue weighted by Gasteiger charge is -2.13. The number of para-hydroxylation sites is 1. The predicted octanol–water partition coefficient (Wildman–Crippen LogP) is 3.06. The molecule has 0 saturated carbocycles. The van der Waals surface area contributed by atoms with Crippen LogP contribution < -0.4 is 5.32 Å². The summed E-state index contributed by atoms with van der Waals surface area (Å²) in [5.74, 6) is 0.310. The first-order valence-electron chi connectivity index (χ1n) is 6.25. The summed E-state index contributed by atoms with van der Waals surface area (Å²) in [6.45, 7) is 2.18. The molecular weight excluding hydrogens is 264 g/mol. The standard InChI is InChI=1S/C14H17ClN2O2/c1-10(17-14(18)19-7-6-15)8-11-9-16-13-5-3-2-4-12(11)13/h2-5,9-10,16H,6-8H2,1H3,(H,17,18)/t10-/m1/s1. The topological polar surface area (TPSA) is 54.1 Å². The van der Waals surface area contributed by atoms with Gasteiger partial charge in [-0.15, -0.1) is 11.6 Å². The molecule has 4 nitrogen and oxygen atoms in total. The highest BCUT2D eigenvalue weighted by molar-refractivity contribution is 6.18. The van der Waals surface area contributed by atoms with Gasteiger partial charge in [-0.2, -0.15) is 0 Å². The van der Waals surface area contributed by atoms with Gasteiger partial charge in [0.2, 0.25) is 0 Å². The SMILES string of the molecule is C[C@H](Cc1c[nH]c2ccccc12)NC(=O)OCCCl. The fourth-order valence-corrected chi connectivity index (χ4v) is 2.13. The molecule has 1 atom stereocenters. The lowest BCUT2D eigenvalue weighted by molar-refractivity contribution is 0.149. The maximum absolute atomic E-state index is 11.4. The van der Waals surface area contributed by atoms with Crippen LogP contribution in [-0.2, 0) is 11.2 Å². The third kappa shape index (κ3) is 3.64. The van der Waals surface area contributed by atoms with Crippen molar-refractivity contribution in [3.05, 3.63) is 36.0 Å². The molecule has 0 aliphatic rings. The Kier molecular flexibility index (Phi) is 4.68. The average Bonchev–Trinajstić information content (AvgIpc) is 2.80. The van der Waals surface area contributed by atoms with Gasteiger partial charge in [-0.1, -0.05) is 18.2 Å². The number of rotatable bonds is 5. The van der Waals surface area contributed by atoms with Crippen LogP contribution in [-0.4, -0.2) is 29.6 Å². The Morgan fingerprint density at radius 2 is 2.26 bits per heavy atom. The minimum Gasteiger partial charge on any atom is -0.448 e. The lowest BCUT2D eigenvalue weighted by Crippen LogP contribution is -2.34. The molecule has 2 N–H and O–H groups in total. The summed E-state index contributed by atoms with van der Waals surface area (Å²) in [7, 11) is 0. The second kappa shape index (κ2) is 6.48. The smallest absolute Gasteiger partial charge is 0.407 e. The first-order valence-corrected chi connectivity index (χ1v) is 6.78. The number of alkyl carbamates (subject to hydrolysis) is 1. The van der Waals surface area contributed by atoms with Crippen molar-refractivity contribution in [1.82, 2.24) is 10.3 Å². The molecule has 0 aliphatic carbocycles. The van der Waals surface area contributed by atoms with E-state index in [0.717, 1.165) is 11.9 Å². The molecule has 0 radical (unpaired) electrons. The van der Waals surface area contributed by atoms with Gasteiger partial charge >= 0.3 is 6.09 Å². The van der Waals surface area contributed by atoms with Gasteiger partial charge < -0.3 is 15.0 Å². The van der Waals surface area contributed by atoms with E-state index < -0.39 is 6.09 Å². The normalized spacial score (nSPS) is 12.3. The summed E-state index contributed by atoms with van der Waals surface area (Å²) in [6.07, 6.45) is 2.31. The first kappa shape index (κ1) is 13.7. The molecule has 1 heterocycles. The highest BCUT2D eigenvalue weighted by Gasteiger charge is 2.11. The van der Waals surface area contributed by atoms with Crippen LogP contribution in [0.2, 0.25) is 0 Å². The van der Waals surface area contributed by atoms with Gasteiger partial charge in [-0.05, 0) is 25.0 Å². The lowest BCUT2D eigenvalue weighted by atomic mass is 10.1. The largest absolute Gasteiger partial charge is 0.448 e. The summed E-state index contributed by atoms with van der Waals surface area (Å²) >= 11 is 5.45. The molecule has 0 fully saturated rings. The van der Waals surface area contributed by atoms with Crippen molar-refractivity contribution in [1.29, 1.82) is 0 Å². The van der Waals surface area contributed by atoms with E-state index >= 15 is 0 Å². The van der Waals surface area contributed by atoms with Crippen molar-refractivity contribution < 1.29 is 9.53 Å². The highest BCUT2D eigenvalue weighted by atomic mass is 35.5. The van der Waals surface area contributed by atoms with Crippen molar-refractivity contribution >= 4 is 28.6 Å². The van der Waals surface area contributed by atoms with Crippen LogP contribution >= 0.6 is 11.6 Å². The summed E-state index contributed by atoms with van der Waals surface area (Å²) in [5.41, 5.74) is 2.29. The molecule has 2 aromatic rings. The molecule has 0 unspecified atom stereocenters. The number of aromatic nitrogens is 1. The Bertz CT molecular complexity index is 553. The fourth-order valence-electron chi connectivity index (χ4n) is 2.06. The van der Waals surface area contributed by atoms with Crippen LogP contribution in [0.25, 0.3) is 10.9 Å². The Morgan fingerprint density at radius 3 is 3.05 bits per heavy atom. The molecule has 19 heavy (non-hydrogen) atoms. The molecule has 1 amide bonds. The second-order valence-electron chi connectivity index (χ2n) is 4.43.